The Balaban J connectivity index is 1.61. The molecule has 0 saturated heterocycles. The number of carbonyl (C=O) groups excluding carboxylic acids is 2. The summed E-state index contributed by atoms with van der Waals surface area (Å²) in [6.07, 6.45) is 5.22. The van der Waals surface area contributed by atoms with Gasteiger partial charge in [0.2, 0.25) is 11.8 Å². The molecule has 2 amide bonds. The van der Waals surface area contributed by atoms with Crippen molar-refractivity contribution in [3.8, 4) is 5.75 Å². The van der Waals surface area contributed by atoms with E-state index in [1.807, 2.05) is 68.4 Å². The molecule has 5 rings (SSSR count). The number of hydrogen-bond donors (Lipinski definition) is 1. The summed E-state index contributed by atoms with van der Waals surface area (Å²) in [7, 11) is -2.88. The largest absolute Gasteiger partial charge is 0.495 e. The van der Waals surface area contributed by atoms with E-state index >= 15 is 0 Å². The molecule has 10 heteroatoms. The molecule has 0 radical (unpaired) electrons. The van der Waals surface area contributed by atoms with Crippen molar-refractivity contribution in [1.82, 2.24) is 10.2 Å². The first-order valence-electron chi connectivity index (χ1n) is 16.7. The van der Waals surface area contributed by atoms with Gasteiger partial charge in [0.15, 0.2) is 0 Å². The summed E-state index contributed by atoms with van der Waals surface area (Å²) in [4.78, 5) is 30.7. The highest BCUT2D eigenvalue weighted by Gasteiger charge is 2.36. The number of aryl methyl sites for hydroxylation is 2. The lowest BCUT2D eigenvalue weighted by molar-refractivity contribution is -0.140. The fraction of sp³-hybridized carbons (Fsp3) is 0.333. The maximum atomic E-state index is 14.9. The van der Waals surface area contributed by atoms with Gasteiger partial charge in [0.25, 0.3) is 10.0 Å². The highest BCUT2D eigenvalue weighted by Crippen LogP contribution is 2.35. The van der Waals surface area contributed by atoms with Crippen LogP contribution in [0.15, 0.2) is 102 Å². The van der Waals surface area contributed by atoms with E-state index in [0.29, 0.717) is 0 Å². The smallest absolute Gasteiger partial charge is 0.264 e. The number of halogens is 1. The molecule has 4 aromatic rings. The summed E-state index contributed by atoms with van der Waals surface area (Å²) in [6, 6.07) is 27.5. The van der Waals surface area contributed by atoms with Crippen LogP contribution >= 0.6 is 11.6 Å². The average Bonchev–Trinajstić information content (AvgIpc) is 3.10. The summed E-state index contributed by atoms with van der Waals surface area (Å²) in [5, 5.41) is 3.52. The minimum Gasteiger partial charge on any atom is -0.495 e. The number of rotatable bonds is 13. The Kier molecular flexibility index (Phi) is 12.0. The topological polar surface area (TPSA) is 96.0 Å². The summed E-state index contributed by atoms with van der Waals surface area (Å²) < 4.78 is 35.5. The van der Waals surface area contributed by atoms with Gasteiger partial charge in [-0.2, -0.15) is 0 Å². The molecule has 1 aliphatic carbocycles. The van der Waals surface area contributed by atoms with Gasteiger partial charge < -0.3 is 15.0 Å². The van der Waals surface area contributed by atoms with E-state index in [1.54, 1.807) is 24.3 Å². The maximum Gasteiger partial charge on any atom is 0.264 e. The van der Waals surface area contributed by atoms with Crippen molar-refractivity contribution in [3.05, 3.63) is 124 Å². The molecule has 0 bridgehead atoms. The number of amides is 2. The molecular formula is C39H44ClN3O5S. The van der Waals surface area contributed by atoms with Crippen molar-refractivity contribution < 1.29 is 22.7 Å². The lowest BCUT2D eigenvalue weighted by Gasteiger charge is -2.35. The fourth-order valence-corrected chi connectivity index (χ4v) is 7.86. The molecule has 1 atom stereocenters. The summed E-state index contributed by atoms with van der Waals surface area (Å²) in [6.45, 7) is 3.33. The quantitative estimate of drug-likeness (QED) is 0.159. The summed E-state index contributed by atoms with van der Waals surface area (Å²) in [5.41, 5.74) is 3.69. The average molecular weight is 702 g/mol. The van der Waals surface area contributed by atoms with E-state index in [9.17, 15) is 18.0 Å². The van der Waals surface area contributed by atoms with Crippen LogP contribution in [-0.4, -0.2) is 50.9 Å². The van der Waals surface area contributed by atoms with Crippen LogP contribution in [0.1, 0.15) is 54.4 Å². The Hall–Kier alpha value is -4.34. The van der Waals surface area contributed by atoms with Gasteiger partial charge in [0, 0.05) is 24.0 Å². The zero-order chi connectivity index (χ0) is 35.0. The van der Waals surface area contributed by atoms with E-state index in [0.717, 1.165) is 58.7 Å². The van der Waals surface area contributed by atoms with Crippen molar-refractivity contribution in [2.45, 2.75) is 75.9 Å². The molecule has 0 unspecified atom stereocenters. The third kappa shape index (κ3) is 9.02. The van der Waals surface area contributed by atoms with E-state index < -0.39 is 28.5 Å². The van der Waals surface area contributed by atoms with E-state index in [2.05, 4.69) is 5.32 Å². The standard InChI is InChI=1S/C39H44ClN3O5S/c1-28-18-21-34(22-19-28)49(46,47)43(35-25-32(40)20-23-37(35)48-3)27-38(44)42(26-31-15-11-10-12-29(31)2)36(24-30-13-6-4-7-14-30)39(45)41-33-16-8-5-9-17-33/h4,6-7,10-15,18-23,25,33,36H,5,8-9,16-17,24,26-27H2,1-3H3,(H,41,45)/t36-/m1/s1. The Bertz CT molecular complexity index is 1840. The number of carbonyl (C=O) groups is 2. The van der Waals surface area contributed by atoms with Crippen molar-refractivity contribution >= 4 is 39.1 Å². The number of sulfonamides is 1. The van der Waals surface area contributed by atoms with Gasteiger partial charge in [0.1, 0.15) is 18.3 Å². The number of benzene rings is 4. The van der Waals surface area contributed by atoms with Crippen molar-refractivity contribution in [1.29, 1.82) is 0 Å². The second-order valence-electron chi connectivity index (χ2n) is 12.6. The van der Waals surface area contributed by atoms with Crippen LogP contribution in [0.3, 0.4) is 0 Å². The molecule has 8 nitrogen and oxygen atoms in total. The van der Waals surface area contributed by atoms with Crippen LogP contribution in [-0.2, 0) is 32.6 Å². The van der Waals surface area contributed by atoms with Crippen LogP contribution in [0.5, 0.6) is 5.75 Å². The number of nitrogens with zero attached hydrogens (tertiary/aromatic N) is 2. The molecule has 0 spiro atoms. The van der Waals surface area contributed by atoms with Crippen molar-refractivity contribution in [2.75, 3.05) is 18.0 Å². The Morgan fingerprint density at radius 3 is 2.24 bits per heavy atom. The van der Waals surface area contributed by atoms with Gasteiger partial charge in [0.05, 0.1) is 17.7 Å². The minimum atomic E-state index is -4.31. The van der Waals surface area contributed by atoms with Crippen LogP contribution in [0.25, 0.3) is 0 Å². The third-order valence-corrected chi connectivity index (χ3v) is 11.1. The number of nitrogens with one attached hydrogen (secondary N) is 1. The molecule has 1 saturated carbocycles. The Labute approximate surface area is 295 Å². The van der Waals surface area contributed by atoms with E-state index in [4.69, 9.17) is 16.3 Å². The highest BCUT2D eigenvalue weighted by molar-refractivity contribution is 7.92. The van der Waals surface area contributed by atoms with E-state index in [-0.39, 0.29) is 46.3 Å². The van der Waals surface area contributed by atoms with Gasteiger partial charge in [-0.1, -0.05) is 103 Å². The highest BCUT2D eigenvalue weighted by atomic mass is 35.5. The van der Waals surface area contributed by atoms with Gasteiger partial charge in [-0.3, -0.25) is 13.9 Å². The molecule has 1 N–H and O–H groups in total. The zero-order valence-electron chi connectivity index (χ0n) is 28.3. The van der Waals surface area contributed by atoms with Crippen molar-refractivity contribution in [3.63, 3.8) is 0 Å². The number of hydrogen-bond acceptors (Lipinski definition) is 5. The number of methoxy groups -OCH3 is 1. The van der Waals surface area contributed by atoms with Crippen LogP contribution in [0.2, 0.25) is 5.02 Å². The predicted octanol–water partition coefficient (Wildman–Crippen LogP) is 7.25. The van der Waals surface area contributed by atoms with Crippen LogP contribution < -0.4 is 14.4 Å². The molecule has 0 heterocycles. The molecule has 1 aliphatic rings. The second-order valence-corrected chi connectivity index (χ2v) is 14.9. The van der Waals surface area contributed by atoms with Gasteiger partial charge in [-0.15, -0.1) is 0 Å². The molecule has 4 aromatic carbocycles. The summed E-state index contributed by atoms with van der Waals surface area (Å²) >= 11 is 6.41. The maximum absolute atomic E-state index is 14.9. The normalized spacial score (nSPS) is 14.1. The first-order valence-corrected chi connectivity index (χ1v) is 18.5. The van der Waals surface area contributed by atoms with Crippen molar-refractivity contribution in [2.24, 2.45) is 0 Å². The third-order valence-electron chi connectivity index (χ3n) is 9.12. The Morgan fingerprint density at radius 2 is 1.57 bits per heavy atom. The second kappa shape index (κ2) is 16.4. The number of anilines is 1. The molecule has 49 heavy (non-hydrogen) atoms. The lowest BCUT2D eigenvalue weighted by Crippen LogP contribution is -2.55. The first-order chi connectivity index (χ1) is 23.6. The first kappa shape index (κ1) is 36.0. The Morgan fingerprint density at radius 1 is 0.898 bits per heavy atom. The molecule has 0 aliphatic heterocycles. The molecule has 1 fully saturated rings. The van der Waals surface area contributed by atoms with Gasteiger partial charge in [-0.05, 0) is 73.7 Å². The molecule has 258 valence electrons. The fourth-order valence-electron chi connectivity index (χ4n) is 6.28. The minimum absolute atomic E-state index is 0.00857. The summed E-state index contributed by atoms with van der Waals surface area (Å²) in [5.74, 6) is -0.569. The van der Waals surface area contributed by atoms with Crippen LogP contribution in [0, 0.1) is 13.8 Å². The van der Waals surface area contributed by atoms with E-state index in [1.165, 1.54) is 30.2 Å². The monoisotopic (exact) mass is 701 g/mol. The SMILES string of the molecule is COc1ccc(Cl)cc1N(CC(=O)N(Cc1ccccc1C)[C@H](Cc1ccccc1)C(=O)NC1CCCCC1)S(=O)(=O)c1ccc(C)cc1. The molecular weight excluding hydrogens is 658 g/mol. The molecule has 0 aromatic heterocycles. The van der Waals surface area contributed by atoms with Gasteiger partial charge >= 0.3 is 0 Å². The predicted molar refractivity (Wildman–Crippen MR) is 194 cm³/mol. The number of ether oxygens (including phenoxy) is 1. The van der Waals surface area contributed by atoms with Gasteiger partial charge in [-0.25, -0.2) is 8.42 Å². The van der Waals surface area contributed by atoms with Crippen LogP contribution in [0.4, 0.5) is 5.69 Å². The zero-order valence-corrected chi connectivity index (χ0v) is 29.8. The lowest BCUT2D eigenvalue weighted by atomic mass is 9.94.